The predicted molar refractivity (Wildman–Crippen MR) is 67.7 cm³/mol. The molecule has 0 spiro atoms. The Hall–Kier alpha value is -0.0900. The van der Waals surface area contributed by atoms with Crippen LogP contribution in [0.5, 0.6) is 0 Å². The van der Waals surface area contributed by atoms with Crippen molar-refractivity contribution in [2.24, 2.45) is 5.92 Å². The summed E-state index contributed by atoms with van der Waals surface area (Å²) in [6.45, 7) is 4.22. The molecule has 0 amide bonds. The first kappa shape index (κ1) is 13.0. The summed E-state index contributed by atoms with van der Waals surface area (Å²) in [6, 6.07) is 0. The van der Waals surface area contributed by atoms with E-state index in [1.165, 1.54) is 0 Å². The molecule has 1 aliphatic heterocycles. The Morgan fingerprint density at radius 1 is 1.47 bits per heavy atom. The van der Waals surface area contributed by atoms with Gasteiger partial charge < -0.3 is 4.74 Å². The highest BCUT2D eigenvalue weighted by Gasteiger charge is 2.27. The first-order valence-corrected chi connectivity index (χ1v) is 6.67. The predicted octanol–water partition coefficient (Wildman–Crippen LogP) is 4.25. The van der Waals surface area contributed by atoms with E-state index in [1.54, 1.807) is 0 Å². The number of halogens is 2. The zero-order chi connectivity index (χ0) is 11.4. The van der Waals surface area contributed by atoms with E-state index in [0.717, 1.165) is 24.8 Å². The SMILES string of the molecule is CCCC(CC)C1=CC(=C(Br)Br)OC1=O. The van der Waals surface area contributed by atoms with E-state index in [-0.39, 0.29) is 5.97 Å². The zero-order valence-corrected chi connectivity index (χ0v) is 12.0. The molecule has 1 aliphatic rings. The fourth-order valence-corrected chi connectivity index (χ4v) is 2.08. The van der Waals surface area contributed by atoms with Crippen molar-refractivity contribution in [3.05, 3.63) is 20.8 Å². The Bertz CT molecular complexity index is 315. The second-order valence-corrected chi connectivity index (χ2v) is 6.16. The number of carbonyl (C=O) groups is 1. The highest BCUT2D eigenvalue weighted by molar-refractivity contribution is 9.28. The molecule has 0 bridgehead atoms. The van der Waals surface area contributed by atoms with Crippen LogP contribution in [0, 0.1) is 5.92 Å². The number of ether oxygens (including phenoxy) is 1. The van der Waals surface area contributed by atoms with E-state index < -0.39 is 0 Å². The molecule has 0 saturated heterocycles. The van der Waals surface area contributed by atoms with Gasteiger partial charge >= 0.3 is 5.97 Å². The van der Waals surface area contributed by atoms with Crippen LogP contribution in [0.4, 0.5) is 0 Å². The lowest BCUT2D eigenvalue weighted by atomic mass is 9.92. The van der Waals surface area contributed by atoms with E-state index in [9.17, 15) is 4.79 Å². The minimum absolute atomic E-state index is 0.207. The molecule has 1 rings (SSSR count). The average molecular weight is 338 g/mol. The summed E-state index contributed by atoms with van der Waals surface area (Å²) >= 11 is 6.48. The summed E-state index contributed by atoms with van der Waals surface area (Å²) in [6.07, 6.45) is 4.91. The number of cyclic esters (lactones) is 1. The van der Waals surface area contributed by atoms with Gasteiger partial charge in [-0.15, -0.1) is 0 Å². The summed E-state index contributed by atoms with van der Waals surface area (Å²) in [4.78, 5) is 11.6. The quantitative estimate of drug-likeness (QED) is 0.716. The summed E-state index contributed by atoms with van der Waals surface area (Å²) in [5.74, 6) is 0.686. The van der Waals surface area contributed by atoms with E-state index in [2.05, 4.69) is 45.7 Å². The summed E-state index contributed by atoms with van der Waals surface area (Å²) in [5.41, 5.74) is 0.797. The maximum absolute atomic E-state index is 11.6. The lowest BCUT2D eigenvalue weighted by Crippen LogP contribution is -2.09. The molecule has 0 aliphatic carbocycles. The number of hydrogen-bond donors (Lipinski definition) is 0. The fraction of sp³-hybridized carbons (Fsp3) is 0.545. The third-order valence-electron chi connectivity index (χ3n) is 2.48. The average Bonchev–Trinajstić information content (AvgIpc) is 2.57. The molecule has 0 aromatic rings. The summed E-state index contributed by atoms with van der Waals surface area (Å²) in [5, 5.41) is 0. The van der Waals surface area contributed by atoms with E-state index in [0.29, 0.717) is 15.1 Å². The third-order valence-corrected chi connectivity index (χ3v) is 3.26. The number of esters is 1. The minimum atomic E-state index is -0.207. The van der Waals surface area contributed by atoms with Crippen molar-refractivity contribution in [2.45, 2.75) is 33.1 Å². The van der Waals surface area contributed by atoms with Crippen molar-refractivity contribution in [3.63, 3.8) is 0 Å². The normalized spacial score (nSPS) is 17.5. The van der Waals surface area contributed by atoms with Crippen LogP contribution in [-0.2, 0) is 9.53 Å². The molecule has 0 radical (unpaired) electrons. The number of allylic oxidation sites excluding steroid dienone is 1. The molecule has 1 unspecified atom stereocenters. The van der Waals surface area contributed by atoms with Crippen LogP contribution in [0.2, 0.25) is 0 Å². The van der Waals surface area contributed by atoms with Gasteiger partial charge in [0.15, 0.2) is 5.76 Å². The largest absolute Gasteiger partial charge is 0.421 e. The topological polar surface area (TPSA) is 26.3 Å². The van der Waals surface area contributed by atoms with Gasteiger partial charge in [0, 0.05) is 5.57 Å². The second-order valence-electron chi connectivity index (χ2n) is 3.51. The van der Waals surface area contributed by atoms with Crippen molar-refractivity contribution < 1.29 is 9.53 Å². The molecule has 0 saturated carbocycles. The zero-order valence-electron chi connectivity index (χ0n) is 8.85. The van der Waals surface area contributed by atoms with Crippen LogP contribution in [-0.4, -0.2) is 5.97 Å². The lowest BCUT2D eigenvalue weighted by molar-refractivity contribution is -0.133. The van der Waals surface area contributed by atoms with Crippen LogP contribution in [0.15, 0.2) is 20.8 Å². The third kappa shape index (κ3) is 3.18. The van der Waals surface area contributed by atoms with E-state index >= 15 is 0 Å². The molecule has 0 aromatic heterocycles. The standard InChI is InChI=1S/C11H14Br2O2/c1-3-5-7(4-2)8-6-9(10(12)13)15-11(8)14/h6-7H,3-5H2,1-2H3. The summed E-state index contributed by atoms with van der Waals surface area (Å²) in [7, 11) is 0. The number of hydrogen-bond acceptors (Lipinski definition) is 2. The Kier molecular flexibility index (Phi) is 5.06. The molecular formula is C11H14Br2O2. The van der Waals surface area contributed by atoms with Crippen molar-refractivity contribution in [2.75, 3.05) is 0 Å². The first-order chi connectivity index (χ1) is 7.10. The summed E-state index contributed by atoms with van der Waals surface area (Å²) < 4.78 is 5.80. The van der Waals surface area contributed by atoms with Crippen LogP contribution >= 0.6 is 31.9 Å². The van der Waals surface area contributed by atoms with Gasteiger partial charge in [-0.25, -0.2) is 4.79 Å². The van der Waals surface area contributed by atoms with Crippen molar-refractivity contribution in [3.8, 4) is 0 Å². The van der Waals surface area contributed by atoms with Crippen molar-refractivity contribution in [1.82, 2.24) is 0 Å². The molecule has 84 valence electrons. The van der Waals surface area contributed by atoms with Gasteiger partial charge in [0.2, 0.25) is 0 Å². The minimum Gasteiger partial charge on any atom is -0.421 e. The van der Waals surface area contributed by atoms with Crippen molar-refractivity contribution in [1.29, 1.82) is 0 Å². The van der Waals surface area contributed by atoms with Gasteiger partial charge in [0.25, 0.3) is 0 Å². The molecule has 0 aromatic carbocycles. The van der Waals surface area contributed by atoms with Crippen molar-refractivity contribution >= 4 is 37.8 Å². The Morgan fingerprint density at radius 3 is 2.53 bits per heavy atom. The maximum Gasteiger partial charge on any atom is 0.339 e. The molecular weight excluding hydrogens is 324 g/mol. The van der Waals surface area contributed by atoms with Gasteiger partial charge in [-0.05, 0) is 56.7 Å². The Morgan fingerprint density at radius 2 is 2.13 bits per heavy atom. The van der Waals surface area contributed by atoms with E-state index in [4.69, 9.17) is 4.74 Å². The molecule has 4 heteroatoms. The first-order valence-electron chi connectivity index (χ1n) is 5.09. The molecule has 0 fully saturated rings. The number of carbonyl (C=O) groups excluding carboxylic acids is 1. The number of rotatable bonds is 4. The molecule has 15 heavy (non-hydrogen) atoms. The highest BCUT2D eigenvalue weighted by Crippen LogP contribution is 2.33. The Labute approximate surface area is 107 Å². The van der Waals surface area contributed by atoms with Gasteiger partial charge in [0.1, 0.15) is 3.39 Å². The van der Waals surface area contributed by atoms with Crippen LogP contribution < -0.4 is 0 Å². The van der Waals surface area contributed by atoms with Crippen LogP contribution in [0.3, 0.4) is 0 Å². The van der Waals surface area contributed by atoms with Crippen LogP contribution in [0.25, 0.3) is 0 Å². The molecule has 2 nitrogen and oxygen atoms in total. The van der Waals surface area contributed by atoms with E-state index in [1.807, 2.05) is 6.08 Å². The fourth-order valence-electron chi connectivity index (χ4n) is 1.69. The van der Waals surface area contributed by atoms with Gasteiger partial charge in [-0.3, -0.25) is 0 Å². The Balaban J connectivity index is 2.89. The molecule has 1 heterocycles. The molecule has 0 N–H and O–H groups in total. The smallest absolute Gasteiger partial charge is 0.339 e. The van der Waals surface area contributed by atoms with Crippen LogP contribution in [0.1, 0.15) is 33.1 Å². The second kappa shape index (κ2) is 5.85. The maximum atomic E-state index is 11.6. The molecule has 1 atom stereocenters. The van der Waals surface area contributed by atoms with Gasteiger partial charge in [0.05, 0.1) is 0 Å². The lowest BCUT2D eigenvalue weighted by Gasteiger charge is -2.11. The van der Waals surface area contributed by atoms with Gasteiger partial charge in [-0.2, -0.15) is 0 Å². The van der Waals surface area contributed by atoms with Gasteiger partial charge in [-0.1, -0.05) is 20.3 Å². The monoisotopic (exact) mass is 336 g/mol. The highest BCUT2D eigenvalue weighted by atomic mass is 79.9.